The molecule has 0 radical (unpaired) electrons. The molecule has 12 heteroatoms. The first-order valence-corrected chi connectivity index (χ1v) is 16.0. The predicted molar refractivity (Wildman–Crippen MR) is 163 cm³/mol. The Balaban J connectivity index is 1.28. The van der Waals surface area contributed by atoms with Gasteiger partial charge in [0, 0.05) is 34.4 Å². The van der Waals surface area contributed by atoms with Crippen LogP contribution < -0.4 is 0 Å². The van der Waals surface area contributed by atoms with Crippen molar-refractivity contribution in [3.63, 3.8) is 0 Å². The van der Waals surface area contributed by atoms with Gasteiger partial charge in [0.25, 0.3) is 20.2 Å². The summed E-state index contributed by atoms with van der Waals surface area (Å²) in [4.78, 5) is 8.41. The molecule has 218 valence electrons. The number of oxazole rings is 2. The van der Waals surface area contributed by atoms with E-state index >= 15 is 0 Å². The van der Waals surface area contributed by atoms with Gasteiger partial charge in [-0.3, -0.25) is 9.11 Å². The van der Waals surface area contributed by atoms with Crippen molar-refractivity contribution < 1.29 is 34.8 Å². The van der Waals surface area contributed by atoms with Crippen LogP contribution in [0.2, 0.25) is 0 Å². The quantitative estimate of drug-likeness (QED) is 0.182. The molecule has 5 aromatic carbocycles. The molecular formula is C32H20N2O8S2. The van der Waals surface area contributed by atoms with Crippen molar-refractivity contribution in [1.82, 2.24) is 9.97 Å². The number of benzene rings is 5. The maximum absolute atomic E-state index is 12.3. The minimum Gasteiger partial charge on any atom is -0.436 e. The van der Waals surface area contributed by atoms with Crippen molar-refractivity contribution in [2.75, 3.05) is 0 Å². The lowest BCUT2D eigenvalue weighted by Gasteiger charge is -2.09. The van der Waals surface area contributed by atoms with Crippen molar-refractivity contribution in [1.29, 1.82) is 0 Å². The largest absolute Gasteiger partial charge is 0.436 e. The summed E-state index contributed by atoms with van der Waals surface area (Å²) in [6.07, 6.45) is 0. The summed E-state index contributed by atoms with van der Waals surface area (Å²) in [6.45, 7) is 0. The van der Waals surface area contributed by atoms with Gasteiger partial charge in [-0.25, -0.2) is 9.97 Å². The highest BCUT2D eigenvalue weighted by Gasteiger charge is 2.22. The zero-order valence-electron chi connectivity index (χ0n) is 22.4. The summed E-state index contributed by atoms with van der Waals surface area (Å²) in [5.41, 5.74) is 4.02. The van der Waals surface area contributed by atoms with Gasteiger partial charge >= 0.3 is 0 Å². The van der Waals surface area contributed by atoms with Gasteiger partial charge in [0.15, 0.2) is 11.2 Å². The van der Waals surface area contributed by atoms with Crippen LogP contribution in [0.4, 0.5) is 0 Å². The summed E-state index contributed by atoms with van der Waals surface area (Å²) in [5, 5.41) is 0. The molecule has 0 atom stereocenters. The minimum atomic E-state index is -4.57. The van der Waals surface area contributed by atoms with Crippen LogP contribution in [0.15, 0.2) is 128 Å². The molecule has 0 aliphatic carbocycles. The van der Waals surface area contributed by atoms with Crippen LogP contribution in [-0.4, -0.2) is 35.9 Å². The number of rotatable bonds is 6. The van der Waals surface area contributed by atoms with Crippen LogP contribution >= 0.6 is 0 Å². The van der Waals surface area contributed by atoms with E-state index in [0.717, 1.165) is 0 Å². The average molecular weight is 625 g/mol. The molecule has 0 saturated heterocycles. The lowest BCUT2D eigenvalue weighted by atomic mass is 10.0. The lowest BCUT2D eigenvalue weighted by molar-refractivity contribution is 0.481. The van der Waals surface area contributed by atoms with E-state index in [1.807, 2.05) is 0 Å². The van der Waals surface area contributed by atoms with Crippen molar-refractivity contribution in [3.05, 3.63) is 109 Å². The Labute approximate surface area is 250 Å². The van der Waals surface area contributed by atoms with E-state index in [1.54, 1.807) is 97.1 Å². The third-order valence-corrected chi connectivity index (χ3v) is 8.87. The molecule has 0 amide bonds. The van der Waals surface area contributed by atoms with E-state index in [-0.39, 0.29) is 21.6 Å². The molecule has 0 unspecified atom stereocenters. The smallest absolute Gasteiger partial charge is 0.295 e. The van der Waals surface area contributed by atoms with E-state index in [9.17, 15) is 25.9 Å². The molecular weight excluding hydrogens is 604 g/mol. The van der Waals surface area contributed by atoms with Crippen molar-refractivity contribution >= 4 is 42.4 Å². The zero-order valence-corrected chi connectivity index (χ0v) is 24.1. The van der Waals surface area contributed by atoms with Crippen LogP contribution in [0.25, 0.3) is 67.4 Å². The van der Waals surface area contributed by atoms with Gasteiger partial charge in [0.1, 0.15) is 20.8 Å². The highest BCUT2D eigenvalue weighted by atomic mass is 32.2. The van der Waals surface area contributed by atoms with E-state index in [2.05, 4.69) is 9.97 Å². The maximum Gasteiger partial charge on any atom is 0.295 e. The van der Waals surface area contributed by atoms with Crippen molar-refractivity contribution in [2.45, 2.75) is 9.79 Å². The number of nitrogens with zero attached hydrogens (tertiary/aromatic N) is 2. The Morgan fingerprint density at radius 1 is 0.477 bits per heavy atom. The van der Waals surface area contributed by atoms with Crippen molar-refractivity contribution in [3.8, 4) is 45.2 Å². The molecule has 44 heavy (non-hydrogen) atoms. The molecule has 2 N–H and O–H groups in total. The Morgan fingerprint density at radius 3 is 1.23 bits per heavy atom. The van der Waals surface area contributed by atoms with E-state index in [1.165, 1.54) is 12.1 Å². The first-order valence-electron chi connectivity index (χ1n) is 13.1. The van der Waals surface area contributed by atoms with Gasteiger partial charge < -0.3 is 8.83 Å². The monoisotopic (exact) mass is 624 g/mol. The van der Waals surface area contributed by atoms with Crippen LogP contribution in [0.1, 0.15) is 0 Å². The number of fused-ring (bicyclic) bond motifs is 2. The number of hydrogen-bond donors (Lipinski definition) is 2. The molecule has 0 spiro atoms. The second-order valence-corrected chi connectivity index (χ2v) is 12.7. The van der Waals surface area contributed by atoms with Gasteiger partial charge in [0.05, 0.1) is 0 Å². The molecule has 0 bridgehead atoms. The highest BCUT2D eigenvalue weighted by molar-refractivity contribution is 7.86. The summed E-state index contributed by atoms with van der Waals surface area (Å²) >= 11 is 0. The zero-order chi connectivity index (χ0) is 30.6. The first kappa shape index (κ1) is 27.7. The van der Waals surface area contributed by atoms with Crippen LogP contribution in [0.5, 0.6) is 0 Å². The van der Waals surface area contributed by atoms with Crippen LogP contribution in [0.3, 0.4) is 0 Å². The summed E-state index contributed by atoms with van der Waals surface area (Å²) < 4.78 is 80.8. The normalized spacial score (nSPS) is 12.2. The Morgan fingerprint density at radius 2 is 0.864 bits per heavy atom. The topological polar surface area (TPSA) is 161 Å². The van der Waals surface area contributed by atoms with Gasteiger partial charge in [-0.05, 0) is 35.4 Å². The maximum atomic E-state index is 12.3. The summed E-state index contributed by atoms with van der Waals surface area (Å²) in [6, 6.07) is 29.8. The molecule has 7 rings (SSSR count). The standard InChI is InChI=1S/C32H20N2O8S2/c35-43(36,37)29-15-21(11-13-23(29)19-7-3-1-4-8-19)31-33-25-17-28-26(18-27(25)41-31)34-32(42-28)22-12-14-24(20-9-5-2-6-10-20)30(16-22)44(38,39)40/h1-18H,(H,35,36,37)(H,38,39,40). The third-order valence-electron chi connectivity index (χ3n) is 7.08. The molecule has 0 fully saturated rings. The minimum absolute atomic E-state index is 0.117. The van der Waals surface area contributed by atoms with E-state index in [4.69, 9.17) is 8.83 Å². The van der Waals surface area contributed by atoms with Crippen molar-refractivity contribution in [2.24, 2.45) is 0 Å². The van der Waals surface area contributed by atoms with Crippen LogP contribution in [-0.2, 0) is 20.2 Å². The molecule has 0 aliphatic heterocycles. The SMILES string of the molecule is O=S(=O)(O)c1cc(-c2nc3cc4oc(-c5ccc(-c6ccccc6)c(S(=O)(=O)O)c5)nc4cc3o2)ccc1-c1ccccc1. The van der Waals surface area contributed by atoms with Gasteiger partial charge in [0.2, 0.25) is 11.8 Å². The molecule has 0 saturated carbocycles. The second-order valence-electron chi connectivity index (χ2n) is 9.93. The lowest BCUT2D eigenvalue weighted by Crippen LogP contribution is -2.01. The van der Waals surface area contributed by atoms with Crippen LogP contribution in [0, 0.1) is 0 Å². The van der Waals surface area contributed by atoms with Gasteiger partial charge in [-0.2, -0.15) is 16.8 Å². The Bertz CT molecular complexity index is 2220. The Kier molecular flexibility index (Phi) is 6.44. The van der Waals surface area contributed by atoms with E-state index < -0.39 is 20.2 Å². The summed E-state index contributed by atoms with van der Waals surface area (Å²) in [5.74, 6) is 0.235. The first-order chi connectivity index (χ1) is 21.0. The van der Waals surface area contributed by atoms with E-state index in [0.29, 0.717) is 55.6 Å². The van der Waals surface area contributed by atoms with Gasteiger partial charge in [-0.15, -0.1) is 0 Å². The fourth-order valence-corrected chi connectivity index (χ4v) is 6.53. The third kappa shape index (κ3) is 5.05. The Hall–Kier alpha value is -5.14. The van der Waals surface area contributed by atoms with Gasteiger partial charge in [-0.1, -0.05) is 72.8 Å². The number of aromatic nitrogens is 2. The number of hydrogen-bond acceptors (Lipinski definition) is 8. The molecule has 7 aromatic rings. The summed E-state index contributed by atoms with van der Waals surface area (Å²) in [7, 11) is -9.15. The molecule has 0 aliphatic rings. The average Bonchev–Trinajstić information content (AvgIpc) is 3.62. The fourth-order valence-electron chi connectivity index (χ4n) is 5.05. The fraction of sp³-hybridized carbons (Fsp3) is 0. The molecule has 2 aromatic heterocycles. The highest BCUT2D eigenvalue weighted by Crippen LogP contribution is 2.36. The predicted octanol–water partition coefficient (Wildman–Crippen LogP) is 7.13. The molecule has 2 heterocycles. The molecule has 10 nitrogen and oxygen atoms in total. The second kappa shape index (κ2) is 10.2.